The SMILES string of the molecule is O=C(O)C1C=Cn2c(=O)c3ccccc3c(=O)n21. The second-order valence-corrected chi connectivity index (χ2v) is 3.97. The molecule has 1 aromatic heterocycles. The number of carboxylic acids is 1. The predicted octanol–water partition coefficient (Wildman–Crippen LogP) is 0.273. The number of fused-ring (bicyclic) bond motifs is 2. The average Bonchev–Trinajstić information content (AvgIpc) is 2.81. The lowest BCUT2D eigenvalue weighted by Crippen LogP contribution is -2.37. The zero-order valence-electron chi connectivity index (χ0n) is 9.11. The van der Waals surface area contributed by atoms with Crippen molar-refractivity contribution in [3.63, 3.8) is 0 Å². The summed E-state index contributed by atoms with van der Waals surface area (Å²) in [4.78, 5) is 35.3. The summed E-state index contributed by atoms with van der Waals surface area (Å²) in [6, 6.07) is 5.24. The summed E-state index contributed by atoms with van der Waals surface area (Å²) in [5.74, 6) is -1.17. The van der Waals surface area contributed by atoms with Crippen LogP contribution in [0.4, 0.5) is 0 Å². The quantitative estimate of drug-likeness (QED) is 0.780. The van der Waals surface area contributed by atoms with Crippen molar-refractivity contribution in [1.29, 1.82) is 0 Å². The van der Waals surface area contributed by atoms with Crippen LogP contribution in [0.25, 0.3) is 17.0 Å². The number of carboxylic acid groups (broad SMARTS) is 1. The first kappa shape index (κ1) is 10.5. The van der Waals surface area contributed by atoms with Gasteiger partial charge in [0.15, 0.2) is 6.04 Å². The molecule has 0 saturated heterocycles. The molecule has 6 nitrogen and oxygen atoms in total. The predicted molar refractivity (Wildman–Crippen MR) is 64.5 cm³/mol. The van der Waals surface area contributed by atoms with Crippen LogP contribution in [0.5, 0.6) is 0 Å². The molecular formula is C12H8N2O4. The summed E-state index contributed by atoms with van der Waals surface area (Å²) >= 11 is 0. The Hall–Kier alpha value is -2.63. The zero-order valence-corrected chi connectivity index (χ0v) is 9.11. The summed E-state index contributed by atoms with van der Waals surface area (Å²) in [5, 5.41) is 9.54. The van der Waals surface area contributed by atoms with Crippen LogP contribution in [0.1, 0.15) is 6.04 Å². The largest absolute Gasteiger partial charge is 0.479 e. The van der Waals surface area contributed by atoms with Crippen molar-refractivity contribution < 1.29 is 9.90 Å². The van der Waals surface area contributed by atoms with E-state index in [9.17, 15) is 14.4 Å². The Morgan fingerprint density at radius 2 is 1.72 bits per heavy atom. The molecule has 0 saturated carbocycles. The molecule has 2 heterocycles. The van der Waals surface area contributed by atoms with Crippen molar-refractivity contribution in [1.82, 2.24) is 9.36 Å². The maximum atomic E-state index is 12.2. The van der Waals surface area contributed by atoms with Crippen LogP contribution in [0.15, 0.2) is 39.9 Å². The highest BCUT2D eigenvalue weighted by molar-refractivity contribution is 5.82. The molecule has 6 heteroatoms. The fraction of sp³-hybridized carbons (Fsp3) is 0.0833. The molecule has 0 radical (unpaired) electrons. The molecule has 0 bridgehead atoms. The number of nitrogens with zero attached hydrogens (tertiary/aromatic N) is 2. The summed E-state index contributed by atoms with van der Waals surface area (Å²) in [5.41, 5.74) is -0.882. The van der Waals surface area contributed by atoms with E-state index in [0.29, 0.717) is 0 Å². The van der Waals surface area contributed by atoms with Gasteiger partial charge >= 0.3 is 5.97 Å². The van der Waals surface area contributed by atoms with Gasteiger partial charge in [0, 0.05) is 6.20 Å². The molecular weight excluding hydrogens is 236 g/mol. The van der Waals surface area contributed by atoms with Crippen molar-refractivity contribution in [2.45, 2.75) is 6.04 Å². The third-order valence-electron chi connectivity index (χ3n) is 2.96. The van der Waals surface area contributed by atoms with E-state index < -0.39 is 23.1 Å². The van der Waals surface area contributed by atoms with E-state index in [0.717, 1.165) is 9.36 Å². The van der Waals surface area contributed by atoms with Gasteiger partial charge in [-0.3, -0.25) is 9.59 Å². The number of aliphatic carboxylic acids is 1. The van der Waals surface area contributed by atoms with E-state index in [1.54, 1.807) is 18.2 Å². The average molecular weight is 244 g/mol. The van der Waals surface area contributed by atoms with Crippen LogP contribution in [0.3, 0.4) is 0 Å². The Kier molecular flexibility index (Phi) is 2.00. The van der Waals surface area contributed by atoms with E-state index in [1.165, 1.54) is 18.3 Å². The molecule has 1 aliphatic heterocycles. The Bertz CT molecular complexity index is 813. The van der Waals surface area contributed by atoms with Crippen molar-refractivity contribution in [3.05, 3.63) is 51.0 Å². The van der Waals surface area contributed by atoms with E-state index >= 15 is 0 Å². The minimum absolute atomic E-state index is 0.230. The van der Waals surface area contributed by atoms with Gasteiger partial charge in [-0.25, -0.2) is 14.2 Å². The molecule has 0 amide bonds. The molecule has 3 rings (SSSR count). The molecule has 0 aliphatic carbocycles. The second kappa shape index (κ2) is 3.43. The smallest absolute Gasteiger partial charge is 0.332 e. The van der Waals surface area contributed by atoms with Gasteiger partial charge < -0.3 is 5.11 Å². The highest BCUT2D eigenvalue weighted by Gasteiger charge is 2.26. The number of rotatable bonds is 1. The van der Waals surface area contributed by atoms with Crippen molar-refractivity contribution in [2.24, 2.45) is 0 Å². The topological polar surface area (TPSA) is 81.3 Å². The maximum Gasteiger partial charge on any atom is 0.332 e. The first-order valence-electron chi connectivity index (χ1n) is 5.28. The summed E-state index contributed by atoms with van der Waals surface area (Å²) in [7, 11) is 0. The molecule has 0 fully saturated rings. The molecule has 1 N–H and O–H groups in total. The Balaban J connectivity index is 2.52. The minimum Gasteiger partial charge on any atom is -0.479 e. The summed E-state index contributed by atoms with van der Waals surface area (Å²) in [6.07, 6.45) is 2.62. The minimum atomic E-state index is -1.17. The Morgan fingerprint density at radius 1 is 1.11 bits per heavy atom. The first-order valence-corrected chi connectivity index (χ1v) is 5.28. The monoisotopic (exact) mass is 244 g/mol. The molecule has 1 aliphatic rings. The molecule has 0 spiro atoms. The zero-order chi connectivity index (χ0) is 12.9. The van der Waals surface area contributed by atoms with Gasteiger partial charge in [0.2, 0.25) is 0 Å². The fourth-order valence-corrected chi connectivity index (χ4v) is 2.13. The highest BCUT2D eigenvalue weighted by atomic mass is 16.4. The van der Waals surface area contributed by atoms with Gasteiger partial charge in [0.1, 0.15) is 0 Å². The van der Waals surface area contributed by atoms with E-state index in [-0.39, 0.29) is 10.8 Å². The van der Waals surface area contributed by atoms with Gasteiger partial charge in [-0.1, -0.05) is 12.1 Å². The third kappa shape index (κ3) is 1.20. The number of aromatic nitrogens is 2. The normalized spacial score (nSPS) is 17.0. The van der Waals surface area contributed by atoms with Crippen molar-refractivity contribution in [3.8, 4) is 0 Å². The first-order chi connectivity index (χ1) is 8.61. The second-order valence-electron chi connectivity index (χ2n) is 3.97. The molecule has 1 atom stereocenters. The summed E-state index contributed by atoms with van der Waals surface area (Å²) in [6.45, 7) is 0. The Morgan fingerprint density at radius 3 is 2.33 bits per heavy atom. The molecule has 90 valence electrons. The van der Waals surface area contributed by atoms with Gasteiger partial charge in [-0.05, 0) is 18.2 Å². The molecule has 1 aromatic carbocycles. The number of hydrogen-bond acceptors (Lipinski definition) is 3. The number of benzene rings is 1. The highest BCUT2D eigenvalue weighted by Crippen LogP contribution is 2.14. The molecule has 18 heavy (non-hydrogen) atoms. The van der Waals surface area contributed by atoms with Gasteiger partial charge in [0.25, 0.3) is 11.1 Å². The summed E-state index contributed by atoms with van der Waals surface area (Å²) < 4.78 is 2.00. The lowest BCUT2D eigenvalue weighted by Gasteiger charge is -2.11. The number of carbonyl (C=O) groups is 1. The van der Waals surface area contributed by atoms with E-state index in [2.05, 4.69) is 0 Å². The van der Waals surface area contributed by atoms with Crippen molar-refractivity contribution in [2.75, 3.05) is 0 Å². The Labute approximate surface area is 100.0 Å². The van der Waals surface area contributed by atoms with Crippen molar-refractivity contribution >= 4 is 22.9 Å². The fourth-order valence-electron chi connectivity index (χ4n) is 2.13. The maximum absolute atomic E-state index is 12.2. The standard InChI is InChI=1S/C12H8N2O4/c15-10-7-3-1-2-4-8(7)11(16)14-9(12(17)18)5-6-13(10)14/h1-6,9H,(H,17,18). The van der Waals surface area contributed by atoms with E-state index in [1.807, 2.05) is 0 Å². The van der Waals surface area contributed by atoms with E-state index in [4.69, 9.17) is 5.11 Å². The van der Waals surface area contributed by atoms with Crippen LogP contribution in [-0.2, 0) is 4.79 Å². The third-order valence-corrected chi connectivity index (χ3v) is 2.96. The van der Waals surface area contributed by atoms with Crippen LogP contribution in [0.2, 0.25) is 0 Å². The van der Waals surface area contributed by atoms with Crippen LogP contribution >= 0.6 is 0 Å². The molecule has 1 unspecified atom stereocenters. The van der Waals surface area contributed by atoms with Gasteiger partial charge in [-0.15, -0.1) is 0 Å². The number of hydrogen-bond donors (Lipinski definition) is 1. The van der Waals surface area contributed by atoms with Crippen LogP contribution < -0.4 is 11.1 Å². The van der Waals surface area contributed by atoms with Gasteiger partial charge in [0.05, 0.1) is 10.8 Å². The van der Waals surface area contributed by atoms with Crippen LogP contribution in [0, 0.1) is 0 Å². The molecule has 2 aromatic rings. The van der Waals surface area contributed by atoms with Gasteiger partial charge in [-0.2, -0.15) is 0 Å². The lowest BCUT2D eigenvalue weighted by molar-refractivity contribution is -0.139. The van der Waals surface area contributed by atoms with Crippen LogP contribution in [-0.4, -0.2) is 20.4 Å². The lowest BCUT2D eigenvalue weighted by atomic mass is 10.2.